The highest BCUT2D eigenvalue weighted by atomic mass is 16.5. The summed E-state index contributed by atoms with van der Waals surface area (Å²) in [4.78, 5) is 7.50. The summed E-state index contributed by atoms with van der Waals surface area (Å²) in [5.41, 5.74) is 0. The molecule has 0 amide bonds. The molecule has 0 spiro atoms. The van der Waals surface area contributed by atoms with Crippen molar-refractivity contribution in [2.24, 2.45) is 0 Å². The molecule has 0 aromatic heterocycles. The molecular weight excluding hydrogens is 262 g/mol. The number of nitrogens with zero attached hydrogens (tertiary/aromatic N) is 3. The molecule has 0 atom stereocenters. The molecular formula is C17H37N3O. The normalized spacial score (nSPS) is 27.1. The molecule has 4 nitrogen and oxygen atoms in total. The first-order valence-corrected chi connectivity index (χ1v) is 8.99. The van der Waals surface area contributed by atoms with E-state index < -0.39 is 0 Å². The van der Waals surface area contributed by atoms with Crippen molar-refractivity contribution in [3.05, 3.63) is 0 Å². The zero-order valence-electron chi connectivity index (χ0n) is 15.0. The molecule has 0 radical (unpaired) electrons. The van der Waals surface area contributed by atoms with Crippen molar-refractivity contribution in [3.63, 3.8) is 0 Å². The molecule has 2 rings (SSSR count). The number of hydrogen-bond acceptors (Lipinski definition) is 4. The summed E-state index contributed by atoms with van der Waals surface area (Å²) < 4.78 is 5.98. The maximum absolute atomic E-state index is 5.98. The molecule has 2 aliphatic rings. The lowest BCUT2D eigenvalue weighted by atomic mass is 9.88. The molecule has 4 heteroatoms. The SMILES string of the molecule is CC.CCN1CCN(CCOC2CC(N(C)CC)C2)CC1. The molecule has 1 heterocycles. The number of rotatable bonds is 7. The van der Waals surface area contributed by atoms with E-state index in [-0.39, 0.29) is 0 Å². The van der Waals surface area contributed by atoms with Gasteiger partial charge in [-0.05, 0) is 33.0 Å². The van der Waals surface area contributed by atoms with Gasteiger partial charge in [0, 0.05) is 38.8 Å². The third kappa shape index (κ3) is 6.23. The molecule has 1 aliphatic carbocycles. The van der Waals surface area contributed by atoms with Gasteiger partial charge in [-0.15, -0.1) is 0 Å². The van der Waals surface area contributed by atoms with Crippen LogP contribution in [0.4, 0.5) is 0 Å². The van der Waals surface area contributed by atoms with Gasteiger partial charge in [0.1, 0.15) is 0 Å². The highest BCUT2D eigenvalue weighted by Crippen LogP contribution is 2.27. The number of likely N-dealkylation sites (N-methyl/N-ethyl adjacent to an activating group) is 1. The van der Waals surface area contributed by atoms with E-state index in [2.05, 4.69) is 35.6 Å². The second-order valence-corrected chi connectivity index (χ2v) is 5.97. The summed E-state index contributed by atoms with van der Waals surface area (Å²) in [7, 11) is 2.22. The Bertz CT molecular complexity index is 248. The number of ether oxygens (including phenoxy) is 1. The van der Waals surface area contributed by atoms with E-state index in [9.17, 15) is 0 Å². The number of hydrogen-bond donors (Lipinski definition) is 0. The quantitative estimate of drug-likeness (QED) is 0.717. The van der Waals surface area contributed by atoms with E-state index in [0.717, 1.165) is 25.7 Å². The highest BCUT2D eigenvalue weighted by Gasteiger charge is 2.32. The molecule has 1 saturated carbocycles. The van der Waals surface area contributed by atoms with Crippen LogP contribution < -0.4 is 0 Å². The molecule has 1 saturated heterocycles. The Morgan fingerprint density at radius 3 is 2.10 bits per heavy atom. The van der Waals surface area contributed by atoms with Crippen molar-refractivity contribution in [2.45, 2.75) is 52.7 Å². The standard InChI is InChI=1S/C15H31N3O.C2H6/c1-4-16(3)14-12-15(13-14)19-11-10-18-8-6-17(5-2)7-9-18;1-2/h14-15H,4-13H2,1-3H3;1-2H3. The first-order chi connectivity index (χ1) is 10.2. The Morgan fingerprint density at radius 1 is 1.00 bits per heavy atom. The minimum absolute atomic E-state index is 0.524. The van der Waals surface area contributed by atoms with Crippen molar-refractivity contribution in [1.29, 1.82) is 0 Å². The maximum atomic E-state index is 5.98. The van der Waals surface area contributed by atoms with Crippen LogP contribution in [0.3, 0.4) is 0 Å². The zero-order valence-corrected chi connectivity index (χ0v) is 15.0. The van der Waals surface area contributed by atoms with Gasteiger partial charge in [-0.1, -0.05) is 27.7 Å². The summed E-state index contributed by atoms with van der Waals surface area (Å²) >= 11 is 0. The summed E-state index contributed by atoms with van der Waals surface area (Å²) in [6, 6.07) is 0.767. The Hall–Kier alpha value is -0.160. The lowest BCUT2D eigenvalue weighted by molar-refractivity contribution is -0.0515. The van der Waals surface area contributed by atoms with Crippen LogP contribution in [0.5, 0.6) is 0 Å². The summed E-state index contributed by atoms with van der Waals surface area (Å²) in [5.74, 6) is 0. The van der Waals surface area contributed by atoms with Gasteiger partial charge >= 0.3 is 0 Å². The van der Waals surface area contributed by atoms with E-state index >= 15 is 0 Å². The number of piperazine rings is 1. The molecule has 2 fully saturated rings. The highest BCUT2D eigenvalue weighted by molar-refractivity contribution is 4.86. The first-order valence-electron chi connectivity index (χ1n) is 8.99. The monoisotopic (exact) mass is 299 g/mol. The lowest BCUT2D eigenvalue weighted by Gasteiger charge is -2.41. The van der Waals surface area contributed by atoms with E-state index in [1.54, 1.807) is 0 Å². The predicted molar refractivity (Wildman–Crippen MR) is 91.0 cm³/mol. The molecule has 126 valence electrons. The van der Waals surface area contributed by atoms with Crippen LogP contribution in [0, 0.1) is 0 Å². The molecule has 0 unspecified atom stereocenters. The van der Waals surface area contributed by atoms with Crippen LogP contribution in [0.25, 0.3) is 0 Å². The fraction of sp³-hybridized carbons (Fsp3) is 1.00. The van der Waals surface area contributed by atoms with Crippen molar-refractivity contribution in [1.82, 2.24) is 14.7 Å². The average Bonchev–Trinajstić information content (AvgIpc) is 2.51. The molecule has 21 heavy (non-hydrogen) atoms. The summed E-state index contributed by atoms with van der Waals surface area (Å²) in [5, 5.41) is 0. The second kappa shape index (κ2) is 10.5. The predicted octanol–water partition coefficient (Wildman–Crippen LogP) is 2.15. The topological polar surface area (TPSA) is 19.0 Å². The van der Waals surface area contributed by atoms with Gasteiger partial charge in [0.15, 0.2) is 0 Å². The van der Waals surface area contributed by atoms with Gasteiger partial charge in [0.25, 0.3) is 0 Å². The van der Waals surface area contributed by atoms with Crippen LogP contribution in [-0.2, 0) is 4.74 Å². The van der Waals surface area contributed by atoms with Crippen molar-refractivity contribution in [2.75, 3.05) is 59.5 Å². The van der Waals surface area contributed by atoms with Crippen molar-refractivity contribution < 1.29 is 4.74 Å². The van der Waals surface area contributed by atoms with E-state index in [1.165, 1.54) is 45.6 Å². The molecule has 0 N–H and O–H groups in total. The maximum Gasteiger partial charge on any atom is 0.0605 e. The van der Waals surface area contributed by atoms with E-state index in [0.29, 0.717) is 6.10 Å². The van der Waals surface area contributed by atoms with Gasteiger partial charge in [-0.2, -0.15) is 0 Å². The minimum Gasteiger partial charge on any atom is -0.377 e. The zero-order chi connectivity index (χ0) is 15.7. The van der Waals surface area contributed by atoms with Crippen LogP contribution in [-0.4, -0.2) is 86.3 Å². The summed E-state index contributed by atoms with van der Waals surface area (Å²) in [6.07, 6.45) is 2.98. The average molecular weight is 300 g/mol. The minimum atomic E-state index is 0.524. The third-order valence-electron chi connectivity index (χ3n) is 4.87. The Morgan fingerprint density at radius 2 is 1.57 bits per heavy atom. The first kappa shape index (κ1) is 18.9. The third-order valence-corrected chi connectivity index (χ3v) is 4.87. The largest absolute Gasteiger partial charge is 0.377 e. The van der Waals surface area contributed by atoms with Crippen LogP contribution in [0.15, 0.2) is 0 Å². The summed E-state index contributed by atoms with van der Waals surface area (Å²) in [6.45, 7) is 17.7. The Kier molecular flexibility index (Phi) is 9.49. The van der Waals surface area contributed by atoms with Gasteiger partial charge < -0.3 is 14.5 Å². The van der Waals surface area contributed by atoms with Gasteiger partial charge in [0.2, 0.25) is 0 Å². The van der Waals surface area contributed by atoms with Gasteiger partial charge in [0.05, 0.1) is 12.7 Å². The van der Waals surface area contributed by atoms with Crippen LogP contribution in [0.2, 0.25) is 0 Å². The lowest BCUT2D eigenvalue weighted by Crippen LogP contribution is -2.48. The van der Waals surface area contributed by atoms with Gasteiger partial charge in [-0.25, -0.2) is 0 Å². The Labute approximate surface area is 132 Å². The van der Waals surface area contributed by atoms with Crippen molar-refractivity contribution in [3.8, 4) is 0 Å². The molecule has 0 bridgehead atoms. The van der Waals surface area contributed by atoms with Crippen LogP contribution in [0.1, 0.15) is 40.5 Å². The smallest absolute Gasteiger partial charge is 0.0605 e. The fourth-order valence-electron chi connectivity index (χ4n) is 2.97. The molecule has 0 aromatic rings. The molecule has 0 aromatic carbocycles. The van der Waals surface area contributed by atoms with Gasteiger partial charge in [-0.3, -0.25) is 4.90 Å². The second-order valence-electron chi connectivity index (χ2n) is 5.97. The van der Waals surface area contributed by atoms with E-state index in [4.69, 9.17) is 4.74 Å². The Balaban J connectivity index is 0.00000106. The van der Waals surface area contributed by atoms with E-state index in [1.807, 2.05) is 13.8 Å². The fourth-order valence-corrected chi connectivity index (χ4v) is 2.97. The van der Waals surface area contributed by atoms with Crippen LogP contribution >= 0.6 is 0 Å². The molecule has 1 aliphatic heterocycles. The van der Waals surface area contributed by atoms with Crippen molar-refractivity contribution >= 4 is 0 Å².